The normalized spacial score (nSPS) is 10.6. The molecule has 2 aromatic carbocycles. The van der Waals surface area contributed by atoms with E-state index in [4.69, 9.17) is 11.6 Å². The minimum absolute atomic E-state index is 0.377. The summed E-state index contributed by atoms with van der Waals surface area (Å²) < 4.78 is 1.82. The van der Waals surface area contributed by atoms with Gasteiger partial charge in [-0.05, 0) is 18.2 Å². The highest BCUT2D eigenvalue weighted by atomic mass is 35.5. The van der Waals surface area contributed by atoms with Gasteiger partial charge >= 0.3 is 0 Å². The van der Waals surface area contributed by atoms with Gasteiger partial charge in [-0.15, -0.1) is 0 Å². The molecule has 5 heteroatoms. The van der Waals surface area contributed by atoms with Crippen LogP contribution in [0.5, 0.6) is 0 Å². The van der Waals surface area contributed by atoms with Crippen molar-refractivity contribution in [2.75, 3.05) is 5.32 Å². The van der Waals surface area contributed by atoms with Gasteiger partial charge in [0.15, 0.2) is 0 Å². The van der Waals surface area contributed by atoms with E-state index in [1.54, 1.807) is 30.5 Å². The van der Waals surface area contributed by atoms with Crippen LogP contribution in [0.25, 0.3) is 10.9 Å². The molecule has 110 valence electrons. The Morgan fingerprint density at radius 1 is 1.05 bits per heavy atom. The Morgan fingerprint density at radius 2 is 1.73 bits per heavy atom. The van der Waals surface area contributed by atoms with Crippen LogP contribution in [-0.4, -0.2) is 16.3 Å². The highest BCUT2D eigenvalue weighted by Gasteiger charge is 2.21. The zero-order valence-corrected chi connectivity index (χ0v) is 12.6. The maximum atomic E-state index is 12.4. The molecule has 0 aliphatic carbocycles. The largest absolute Gasteiger partial charge is 0.350 e. The number of Topliss-reactive ketones (excluding diaryl/α,β-unsaturated/α-hetero) is 1. The van der Waals surface area contributed by atoms with Crippen molar-refractivity contribution in [2.45, 2.75) is 0 Å². The standard InChI is InChI=1S/C17H13ClN2O2/c1-20-10-12(11-6-2-5-9-15(11)20)16(21)17(22)19-14-8-4-3-7-13(14)18/h2-10H,1H3,(H,19,22). The number of halogens is 1. The summed E-state index contributed by atoms with van der Waals surface area (Å²) in [6, 6.07) is 14.2. The summed E-state index contributed by atoms with van der Waals surface area (Å²) in [7, 11) is 1.84. The first kappa shape index (κ1) is 14.4. The maximum absolute atomic E-state index is 12.4. The summed E-state index contributed by atoms with van der Waals surface area (Å²) in [5.74, 6) is -1.29. The molecule has 3 aromatic rings. The number of anilines is 1. The molecule has 0 fully saturated rings. The Morgan fingerprint density at radius 3 is 2.50 bits per heavy atom. The van der Waals surface area contributed by atoms with Crippen molar-refractivity contribution < 1.29 is 9.59 Å². The van der Waals surface area contributed by atoms with E-state index >= 15 is 0 Å². The number of rotatable bonds is 3. The maximum Gasteiger partial charge on any atom is 0.296 e. The monoisotopic (exact) mass is 312 g/mol. The fourth-order valence-electron chi connectivity index (χ4n) is 2.39. The number of aromatic nitrogens is 1. The Labute approximate surface area is 132 Å². The van der Waals surface area contributed by atoms with Crippen LogP contribution in [0.3, 0.4) is 0 Å². The molecule has 22 heavy (non-hydrogen) atoms. The summed E-state index contributed by atoms with van der Waals surface area (Å²) in [4.78, 5) is 24.6. The van der Waals surface area contributed by atoms with Crippen LogP contribution < -0.4 is 5.32 Å². The Balaban J connectivity index is 1.93. The molecule has 0 unspecified atom stereocenters. The van der Waals surface area contributed by atoms with E-state index in [9.17, 15) is 9.59 Å². The Kier molecular flexibility index (Phi) is 3.69. The third-order valence-electron chi connectivity index (χ3n) is 3.47. The molecule has 0 aliphatic heterocycles. The number of carbonyl (C=O) groups is 2. The van der Waals surface area contributed by atoms with Gasteiger partial charge in [0.2, 0.25) is 0 Å². The average Bonchev–Trinajstić information content (AvgIpc) is 2.86. The van der Waals surface area contributed by atoms with Crippen LogP contribution >= 0.6 is 11.6 Å². The number of hydrogen-bond acceptors (Lipinski definition) is 2. The highest BCUT2D eigenvalue weighted by molar-refractivity contribution is 6.49. The van der Waals surface area contributed by atoms with Crippen LogP contribution in [-0.2, 0) is 11.8 Å². The van der Waals surface area contributed by atoms with E-state index in [0.717, 1.165) is 10.9 Å². The Bertz CT molecular complexity index is 883. The number of ketones is 1. The summed E-state index contributed by atoms with van der Waals surface area (Å²) in [6.45, 7) is 0. The van der Waals surface area contributed by atoms with E-state index < -0.39 is 11.7 Å². The lowest BCUT2D eigenvalue weighted by Gasteiger charge is -2.05. The molecule has 1 aromatic heterocycles. The third kappa shape index (κ3) is 2.49. The number of nitrogens with zero attached hydrogens (tertiary/aromatic N) is 1. The van der Waals surface area contributed by atoms with Gasteiger partial charge in [0, 0.05) is 24.1 Å². The number of nitrogens with one attached hydrogen (secondary N) is 1. The van der Waals surface area contributed by atoms with Gasteiger partial charge in [0.1, 0.15) is 0 Å². The van der Waals surface area contributed by atoms with Crippen LogP contribution in [0.1, 0.15) is 10.4 Å². The molecule has 1 N–H and O–H groups in total. The van der Waals surface area contributed by atoms with E-state index in [1.807, 2.05) is 35.9 Å². The van der Waals surface area contributed by atoms with Crippen LogP contribution in [0.4, 0.5) is 5.69 Å². The van der Waals surface area contributed by atoms with Gasteiger partial charge in [0.05, 0.1) is 16.3 Å². The Hall–Kier alpha value is -2.59. The second-order valence-electron chi connectivity index (χ2n) is 4.93. The minimum atomic E-state index is -0.704. The van der Waals surface area contributed by atoms with Gasteiger partial charge < -0.3 is 9.88 Å². The molecule has 1 heterocycles. The summed E-state index contributed by atoms with van der Waals surface area (Å²) in [6.07, 6.45) is 1.67. The summed E-state index contributed by atoms with van der Waals surface area (Å²) in [5.41, 5.74) is 1.70. The minimum Gasteiger partial charge on any atom is -0.350 e. The van der Waals surface area contributed by atoms with Gasteiger partial charge in [-0.2, -0.15) is 0 Å². The quantitative estimate of drug-likeness (QED) is 0.593. The van der Waals surface area contributed by atoms with Crippen LogP contribution in [0.15, 0.2) is 54.7 Å². The first-order valence-electron chi connectivity index (χ1n) is 6.72. The van der Waals surface area contributed by atoms with E-state index in [2.05, 4.69) is 5.32 Å². The topological polar surface area (TPSA) is 51.1 Å². The molecule has 0 radical (unpaired) electrons. The number of benzene rings is 2. The predicted molar refractivity (Wildman–Crippen MR) is 87.3 cm³/mol. The average molecular weight is 313 g/mol. The second-order valence-corrected chi connectivity index (χ2v) is 5.34. The van der Waals surface area contributed by atoms with E-state index in [-0.39, 0.29) is 0 Å². The molecule has 1 amide bonds. The predicted octanol–water partition coefficient (Wildman–Crippen LogP) is 3.65. The number of aryl methyl sites for hydroxylation is 1. The zero-order chi connectivity index (χ0) is 15.7. The van der Waals surface area contributed by atoms with E-state index in [1.165, 1.54) is 0 Å². The van der Waals surface area contributed by atoms with Crippen molar-refractivity contribution >= 4 is 39.9 Å². The molecule has 0 saturated carbocycles. The first-order valence-corrected chi connectivity index (χ1v) is 7.10. The molecule has 0 saturated heterocycles. The molecule has 3 rings (SSSR count). The molecule has 0 atom stereocenters. The number of amides is 1. The third-order valence-corrected chi connectivity index (χ3v) is 3.80. The van der Waals surface area contributed by atoms with Gasteiger partial charge in [-0.1, -0.05) is 41.9 Å². The zero-order valence-electron chi connectivity index (χ0n) is 11.8. The van der Waals surface area contributed by atoms with Crippen LogP contribution in [0, 0.1) is 0 Å². The van der Waals surface area contributed by atoms with Gasteiger partial charge in [0.25, 0.3) is 11.7 Å². The van der Waals surface area contributed by atoms with Crippen molar-refractivity contribution in [1.82, 2.24) is 4.57 Å². The lowest BCUT2D eigenvalue weighted by Crippen LogP contribution is -2.22. The second kappa shape index (κ2) is 5.66. The number of carbonyl (C=O) groups excluding carboxylic acids is 2. The molecule has 0 aliphatic rings. The lowest BCUT2D eigenvalue weighted by atomic mass is 10.1. The SMILES string of the molecule is Cn1cc(C(=O)C(=O)Nc2ccccc2Cl)c2ccccc21. The summed E-state index contributed by atoms with van der Waals surface area (Å²) in [5, 5.41) is 3.70. The lowest BCUT2D eigenvalue weighted by molar-refractivity contribution is -0.112. The van der Waals surface area contributed by atoms with Gasteiger partial charge in [-0.3, -0.25) is 9.59 Å². The van der Waals surface area contributed by atoms with Crippen molar-refractivity contribution in [2.24, 2.45) is 7.05 Å². The number of hydrogen-bond donors (Lipinski definition) is 1. The van der Waals surface area contributed by atoms with Crippen molar-refractivity contribution in [1.29, 1.82) is 0 Å². The molecule has 0 spiro atoms. The number of fused-ring (bicyclic) bond motifs is 1. The number of para-hydroxylation sites is 2. The van der Waals surface area contributed by atoms with Gasteiger partial charge in [-0.25, -0.2) is 0 Å². The van der Waals surface area contributed by atoms with Crippen molar-refractivity contribution in [3.8, 4) is 0 Å². The molecule has 4 nitrogen and oxygen atoms in total. The van der Waals surface area contributed by atoms with Crippen LogP contribution in [0.2, 0.25) is 5.02 Å². The highest BCUT2D eigenvalue weighted by Crippen LogP contribution is 2.23. The fourth-order valence-corrected chi connectivity index (χ4v) is 2.57. The first-order chi connectivity index (χ1) is 10.6. The smallest absolute Gasteiger partial charge is 0.296 e. The molecular formula is C17H13ClN2O2. The fraction of sp³-hybridized carbons (Fsp3) is 0.0588. The van der Waals surface area contributed by atoms with Crippen molar-refractivity contribution in [3.05, 3.63) is 65.3 Å². The summed E-state index contributed by atoms with van der Waals surface area (Å²) >= 11 is 5.99. The molecule has 0 bridgehead atoms. The van der Waals surface area contributed by atoms with Crippen molar-refractivity contribution in [3.63, 3.8) is 0 Å². The van der Waals surface area contributed by atoms with E-state index in [0.29, 0.717) is 16.3 Å². The molecular weight excluding hydrogens is 300 g/mol.